The van der Waals surface area contributed by atoms with Crippen LogP contribution in [0.5, 0.6) is 11.5 Å². The Kier molecular flexibility index (Phi) is 6.94. The van der Waals surface area contributed by atoms with Crippen molar-refractivity contribution < 1.29 is 19.1 Å². The van der Waals surface area contributed by atoms with Gasteiger partial charge in [0, 0.05) is 18.7 Å². The summed E-state index contributed by atoms with van der Waals surface area (Å²) in [5.41, 5.74) is 1.92. The number of ether oxygens (including phenoxy) is 2. The van der Waals surface area contributed by atoms with E-state index < -0.39 is 0 Å². The van der Waals surface area contributed by atoms with Crippen molar-refractivity contribution in [3.05, 3.63) is 59.7 Å². The average Bonchev–Trinajstić information content (AvgIpc) is 3.26. The van der Waals surface area contributed by atoms with E-state index in [2.05, 4.69) is 10.6 Å². The molecule has 1 aliphatic rings. The summed E-state index contributed by atoms with van der Waals surface area (Å²) in [6.07, 6.45) is 1.74. The third-order valence-electron chi connectivity index (χ3n) is 5.07. The molecule has 0 saturated carbocycles. The van der Waals surface area contributed by atoms with E-state index in [0.717, 1.165) is 35.5 Å². The van der Waals surface area contributed by atoms with Crippen molar-refractivity contribution >= 4 is 11.9 Å². The van der Waals surface area contributed by atoms with Crippen LogP contribution in [0.3, 0.4) is 0 Å². The zero-order valence-electron chi connectivity index (χ0n) is 16.8. The number of benzene rings is 2. The Morgan fingerprint density at radius 2 is 1.86 bits per heavy atom. The normalized spacial score (nSPS) is 15.7. The molecule has 2 aromatic carbocycles. The minimum atomic E-state index is -0.364. The van der Waals surface area contributed by atoms with Crippen LogP contribution in [0.15, 0.2) is 48.5 Å². The molecule has 0 bridgehead atoms. The summed E-state index contributed by atoms with van der Waals surface area (Å²) in [6.45, 7) is 1.01. The van der Waals surface area contributed by atoms with Crippen molar-refractivity contribution in [3.63, 3.8) is 0 Å². The Bertz CT molecular complexity index is 841. The topological polar surface area (TPSA) is 79.9 Å². The van der Waals surface area contributed by atoms with Gasteiger partial charge in [-0.2, -0.15) is 0 Å². The third kappa shape index (κ3) is 5.19. The standard InChI is InChI=1S/C22H27N3O4/c1-28-17-10-11-20(29-2)18(13-17)19-9-6-12-25(19)21(26)15-24-22(27)23-14-16-7-4-3-5-8-16/h3-5,7-8,10-11,13,19H,6,9,12,14-15H2,1-2H3,(H2,23,24,27). The fourth-order valence-electron chi connectivity index (χ4n) is 3.59. The first-order chi connectivity index (χ1) is 14.1. The lowest BCUT2D eigenvalue weighted by Crippen LogP contribution is -2.43. The fraction of sp³-hybridized carbons (Fsp3) is 0.364. The second-order valence-corrected chi connectivity index (χ2v) is 6.87. The van der Waals surface area contributed by atoms with Crippen molar-refractivity contribution in [2.24, 2.45) is 0 Å². The van der Waals surface area contributed by atoms with Gasteiger partial charge in [0.25, 0.3) is 0 Å². The van der Waals surface area contributed by atoms with Gasteiger partial charge in [-0.15, -0.1) is 0 Å². The largest absolute Gasteiger partial charge is 0.497 e. The molecule has 29 heavy (non-hydrogen) atoms. The number of hydrogen-bond donors (Lipinski definition) is 2. The molecule has 1 atom stereocenters. The van der Waals surface area contributed by atoms with Crippen LogP contribution in [0.1, 0.15) is 30.0 Å². The number of carbonyl (C=O) groups excluding carboxylic acids is 2. The van der Waals surface area contributed by atoms with E-state index in [1.807, 2.05) is 48.5 Å². The highest BCUT2D eigenvalue weighted by molar-refractivity contribution is 5.84. The van der Waals surface area contributed by atoms with Crippen molar-refractivity contribution in [1.29, 1.82) is 0 Å². The van der Waals surface area contributed by atoms with Gasteiger partial charge in [-0.05, 0) is 36.6 Å². The number of hydrogen-bond acceptors (Lipinski definition) is 4. The maximum absolute atomic E-state index is 12.8. The Balaban J connectivity index is 1.58. The van der Waals surface area contributed by atoms with E-state index in [1.165, 1.54) is 0 Å². The number of nitrogens with one attached hydrogen (secondary N) is 2. The smallest absolute Gasteiger partial charge is 0.315 e. The molecule has 3 amide bonds. The maximum atomic E-state index is 12.8. The Morgan fingerprint density at radius 3 is 2.59 bits per heavy atom. The summed E-state index contributed by atoms with van der Waals surface area (Å²) >= 11 is 0. The molecule has 3 rings (SSSR count). The monoisotopic (exact) mass is 397 g/mol. The summed E-state index contributed by atoms with van der Waals surface area (Å²) in [5.74, 6) is 1.33. The lowest BCUT2D eigenvalue weighted by molar-refractivity contribution is -0.131. The van der Waals surface area contributed by atoms with E-state index in [9.17, 15) is 9.59 Å². The van der Waals surface area contributed by atoms with Crippen LogP contribution in [0.2, 0.25) is 0 Å². The number of rotatable bonds is 7. The van der Waals surface area contributed by atoms with Gasteiger partial charge in [-0.1, -0.05) is 30.3 Å². The summed E-state index contributed by atoms with van der Waals surface area (Å²) in [4.78, 5) is 26.6. The Morgan fingerprint density at radius 1 is 1.07 bits per heavy atom. The van der Waals surface area contributed by atoms with Crippen LogP contribution in [-0.4, -0.2) is 44.1 Å². The lowest BCUT2D eigenvalue weighted by atomic mass is 10.0. The fourth-order valence-corrected chi connectivity index (χ4v) is 3.59. The number of nitrogens with zero attached hydrogens (tertiary/aromatic N) is 1. The molecular formula is C22H27N3O4. The van der Waals surface area contributed by atoms with Gasteiger partial charge >= 0.3 is 6.03 Å². The highest BCUT2D eigenvalue weighted by Crippen LogP contribution is 2.38. The number of amides is 3. The summed E-state index contributed by atoms with van der Waals surface area (Å²) in [6, 6.07) is 14.8. The number of urea groups is 1. The highest BCUT2D eigenvalue weighted by atomic mass is 16.5. The molecule has 1 saturated heterocycles. The van der Waals surface area contributed by atoms with Gasteiger partial charge in [0.15, 0.2) is 0 Å². The number of likely N-dealkylation sites (tertiary alicyclic amines) is 1. The van der Waals surface area contributed by atoms with Crippen molar-refractivity contribution in [3.8, 4) is 11.5 Å². The molecule has 0 aromatic heterocycles. The maximum Gasteiger partial charge on any atom is 0.315 e. The molecule has 0 aliphatic carbocycles. The average molecular weight is 397 g/mol. The zero-order valence-corrected chi connectivity index (χ0v) is 16.8. The van der Waals surface area contributed by atoms with Crippen LogP contribution in [0.4, 0.5) is 4.79 Å². The van der Waals surface area contributed by atoms with E-state index >= 15 is 0 Å². The van der Waals surface area contributed by atoms with Crippen molar-refractivity contribution in [2.45, 2.75) is 25.4 Å². The van der Waals surface area contributed by atoms with E-state index in [0.29, 0.717) is 13.1 Å². The molecule has 1 aliphatic heterocycles. The number of methoxy groups -OCH3 is 2. The summed E-state index contributed by atoms with van der Waals surface area (Å²) in [5, 5.41) is 5.42. The summed E-state index contributed by atoms with van der Waals surface area (Å²) < 4.78 is 10.8. The molecule has 154 valence electrons. The van der Waals surface area contributed by atoms with Crippen molar-refractivity contribution in [2.75, 3.05) is 27.3 Å². The molecule has 2 aromatic rings. The first-order valence-corrected chi connectivity index (χ1v) is 9.69. The number of carbonyl (C=O) groups is 2. The van der Waals surface area contributed by atoms with E-state index in [-0.39, 0.29) is 24.5 Å². The Labute approximate surface area is 171 Å². The van der Waals surface area contributed by atoms with Crippen molar-refractivity contribution in [1.82, 2.24) is 15.5 Å². The van der Waals surface area contributed by atoms with Gasteiger partial charge < -0.3 is 25.0 Å². The van der Waals surface area contributed by atoms with Gasteiger partial charge in [-0.3, -0.25) is 4.79 Å². The predicted octanol–water partition coefficient (Wildman–Crippen LogP) is 2.87. The van der Waals surface area contributed by atoms with Crippen LogP contribution < -0.4 is 20.1 Å². The van der Waals surface area contributed by atoms with Crippen LogP contribution in [0.25, 0.3) is 0 Å². The predicted molar refractivity (Wildman–Crippen MR) is 110 cm³/mol. The second-order valence-electron chi connectivity index (χ2n) is 6.87. The SMILES string of the molecule is COc1ccc(OC)c(C2CCCN2C(=O)CNC(=O)NCc2ccccc2)c1. The minimum absolute atomic E-state index is 0.0522. The van der Waals surface area contributed by atoms with Crippen LogP contribution in [-0.2, 0) is 11.3 Å². The van der Waals surface area contributed by atoms with Crippen LogP contribution in [0, 0.1) is 0 Å². The molecule has 7 heteroatoms. The third-order valence-corrected chi connectivity index (χ3v) is 5.07. The second kappa shape index (κ2) is 9.82. The van der Waals surface area contributed by atoms with Gasteiger partial charge in [0.05, 0.1) is 26.8 Å². The van der Waals surface area contributed by atoms with E-state index in [1.54, 1.807) is 19.1 Å². The molecular weight excluding hydrogens is 370 g/mol. The van der Waals surface area contributed by atoms with Crippen LogP contribution >= 0.6 is 0 Å². The molecule has 0 radical (unpaired) electrons. The molecule has 1 heterocycles. The minimum Gasteiger partial charge on any atom is -0.497 e. The first-order valence-electron chi connectivity index (χ1n) is 9.69. The highest BCUT2D eigenvalue weighted by Gasteiger charge is 2.32. The van der Waals surface area contributed by atoms with Gasteiger partial charge in [0.1, 0.15) is 11.5 Å². The lowest BCUT2D eigenvalue weighted by Gasteiger charge is -2.27. The first kappa shape index (κ1) is 20.5. The van der Waals surface area contributed by atoms with Gasteiger partial charge in [-0.25, -0.2) is 4.79 Å². The molecule has 1 unspecified atom stereocenters. The molecule has 2 N–H and O–H groups in total. The quantitative estimate of drug-likeness (QED) is 0.753. The summed E-state index contributed by atoms with van der Waals surface area (Å²) in [7, 11) is 3.23. The van der Waals surface area contributed by atoms with E-state index in [4.69, 9.17) is 9.47 Å². The Hall–Kier alpha value is -3.22. The molecule has 0 spiro atoms. The zero-order chi connectivity index (χ0) is 20.6. The molecule has 7 nitrogen and oxygen atoms in total. The van der Waals surface area contributed by atoms with Gasteiger partial charge in [0.2, 0.25) is 5.91 Å². The molecule has 1 fully saturated rings.